The molecule has 1 aliphatic carbocycles. The maximum Gasteiger partial charge on any atom is 0.259 e. The van der Waals surface area contributed by atoms with Crippen molar-refractivity contribution in [3.8, 4) is 0 Å². The molecular formula is C22H26N2O2S. The molecule has 0 N–H and O–H groups in total. The van der Waals surface area contributed by atoms with Crippen LogP contribution >= 0.6 is 13.5 Å². The van der Waals surface area contributed by atoms with E-state index in [0.717, 1.165) is 38.2 Å². The number of morpholine rings is 1. The van der Waals surface area contributed by atoms with Crippen molar-refractivity contribution in [3.63, 3.8) is 0 Å². The molecule has 0 bridgehead atoms. The van der Waals surface area contributed by atoms with Gasteiger partial charge in [-0.05, 0) is 30.5 Å². The molecule has 0 unspecified atom stereocenters. The number of likely N-dealkylation sites (tertiary alicyclic amines) is 1. The molecule has 5 rings (SSSR count). The van der Waals surface area contributed by atoms with Crippen LogP contribution in [0.4, 0.5) is 5.69 Å². The number of amides is 1. The van der Waals surface area contributed by atoms with Crippen molar-refractivity contribution in [3.05, 3.63) is 66.2 Å². The van der Waals surface area contributed by atoms with Crippen molar-refractivity contribution < 1.29 is 9.53 Å². The molecule has 2 aromatic rings. The largest absolute Gasteiger partial charge is 0.360 e. The van der Waals surface area contributed by atoms with Gasteiger partial charge in [-0.2, -0.15) is 13.5 Å². The highest BCUT2D eigenvalue weighted by atomic mass is 32.1. The van der Waals surface area contributed by atoms with Crippen LogP contribution in [0.2, 0.25) is 0 Å². The second-order valence-electron chi connectivity index (χ2n) is 7.84. The molecule has 0 radical (unpaired) electrons. The van der Waals surface area contributed by atoms with Crippen LogP contribution in [-0.2, 0) is 16.1 Å². The van der Waals surface area contributed by atoms with E-state index in [1.54, 1.807) is 0 Å². The molecule has 142 valence electrons. The SMILES string of the molecule is O=C1N(c2ccccc2)C[C@H](C2CN(Cc3ccccc3)C2)OC12CC2.S. The summed E-state index contributed by atoms with van der Waals surface area (Å²) in [6.07, 6.45) is 1.88. The summed E-state index contributed by atoms with van der Waals surface area (Å²) >= 11 is 0. The minimum atomic E-state index is -0.529. The zero-order valence-corrected chi connectivity index (χ0v) is 16.4. The normalized spacial score (nSPS) is 24.4. The third-order valence-electron chi connectivity index (χ3n) is 5.91. The Labute approximate surface area is 167 Å². The van der Waals surface area contributed by atoms with Gasteiger partial charge >= 0.3 is 0 Å². The van der Waals surface area contributed by atoms with Gasteiger partial charge in [0.05, 0.1) is 12.6 Å². The van der Waals surface area contributed by atoms with Gasteiger partial charge in [-0.1, -0.05) is 48.5 Å². The zero-order chi connectivity index (χ0) is 17.6. The van der Waals surface area contributed by atoms with Crippen molar-refractivity contribution >= 4 is 25.1 Å². The monoisotopic (exact) mass is 382 g/mol. The van der Waals surface area contributed by atoms with Crippen LogP contribution in [0.5, 0.6) is 0 Å². The highest BCUT2D eigenvalue weighted by Gasteiger charge is 2.59. The van der Waals surface area contributed by atoms with Crippen LogP contribution in [0.25, 0.3) is 0 Å². The summed E-state index contributed by atoms with van der Waals surface area (Å²) in [7, 11) is 0. The van der Waals surface area contributed by atoms with Gasteiger partial charge in [0.1, 0.15) is 5.60 Å². The van der Waals surface area contributed by atoms with Crippen molar-refractivity contribution in [2.75, 3.05) is 24.5 Å². The number of carbonyl (C=O) groups is 1. The number of hydrogen-bond donors (Lipinski definition) is 0. The first-order valence-electron chi connectivity index (χ1n) is 9.55. The van der Waals surface area contributed by atoms with Crippen molar-refractivity contribution in [1.29, 1.82) is 0 Å². The summed E-state index contributed by atoms with van der Waals surface area (Å²) in [4.78, 5) is 17.3. The highest BCUT2D eigenvalue weighted by Crippen LogP contribution is 2.47. The van der Waals surface area contributed by atoms with Crippen LogP contribution in [0.3, 0.4) is 0 Å². The molecular weight excluding hydrogens is 356 g/mol. The van der Waals surface area contributed by atoms with E-state index in [1.165, 1.54) is 5.56 Å². The smallest absolute Gasteiger partial charge is 0.259 e. The second-order valence-corrected chi connectivity index (χ2v) is 7.84. The Bertz CT molecular complexity index is 788. The van der Waals surface area contributed by atoms with Crippen LogP contribution in [0.15, 0.2) is 60.7 Å². The number of para-hydroxylation sites is 1. The lowest BCUT2D eigenvalue weighted by Gasteiger charge is -2.48. The first-order chi connectivity index (χ1) is 12.7. The molecule has 27 heavy (non-hydrogen) atoms. The van der Waals surface area contributed by atoms with Crippen molar-refractivity contribution in [1.82, 2.24) is 4.90 Å². The fourth-order valence-electron chi connectivity index (χ4n) is 4.22. The Kier molecular flexibility index (Phi) is 5.01. The van der Waals surface area contributed by atoms with Gasteiger partial charge in [-0.15, -0.1) is 0 Å². The molecule has 1 amide bonds. The first-order valence-corrected chi connectivity index (χ1v) is 9.55. The van der Waals surface area contributed by atoms with Crippen LogP contribution < -0.4 is 4.90 Å². The Morgan fingerprint density at radius 3 is 2.19 bits per heavy atom. The summed E-state index contributed by atoms with van der Waals surface area (Å²) in [6.45, 7) is 3.77. The second kappa shape index (κ2) is 7.30. The number of carbonyl (C=O) groups excluding carboxylic acids is 1. The highest BCUT2D eigenvalue weighted by molar-refractivity contribution is 7.59. The summed E-state index contributed by atoms with van der Waals surface area (Å²) in [5.41, 5.74) is 1.83. The van der Waals surface area contributed by atoms with Crippen LogP contribution in [0, 0.1) is 5.92 Å². The Balaban J connectivity index is 0.00000180. The Morgan fingerprint density at radius 1 is 0.926 bits per heavy atom. The summed E-state index contributed by atoms with van der Waals surface area (Å²) in [6, 6.07) is 20.6. The van der Waals surface area contributed by atoms with Gasteiger partial charge in [0.25, 0.3) is 5.91 Å². The lowest BCUT2D eigenvalue weighted by Crippen LogP contribution is -2.61. The van der Waals surface area contributed by atoms with Crippen LogP contribution in [0.1, 0.15) is 18.4 Å². The molecule has 0 aromatic heterocycles. The third-order valence-corrected chi connectivity index (χ3v) is 5.91. The maximum atomic E-state index is 12.9. The fraction of sp³-hybridized carbons (Fsp3) is 0.409. The molecule has 3 aliphatic rings. The number of rotatable bonds is 4. The molecule has 1 spiro atoms. The van der Waals surface area contributed by atoms with E-state index < -0.39 is 5.60 Å². The number of hydrogen-bond acceptors (Lipinski definition) is 3. The Morgan fingerprint density at radius 2 is 1.56 bits per heavy atom. The molecule has 2 heterocycles. The Hall–Kier alpha value is -1.82. The summed E-state index contributed by atoms with van der Waals surface area (Å²) in [5, 5.41) is 0. The van der Waals surface area contributed by atoms with Gasteiger partial charge in [0.2, 0.25) is 0 Å². The molecule has 5 heteroatoms. The first kappa shape index (κ1) is 18.5. The van der Waals surface area contributed by atoms with E-state index in [0.29, 0.717) is 12.5 Å². The molecule has 3 fully saturated rings. The quantitative estimate of drug-likeness (QED) is 0.814. The predicted octanol–water partition coefficient (Wildman–Crippen LogP) is 3.20. The van der Waals surface area contributed by atoms with E-state index in [1.807, 2.05) is 35.2 Å². The van der Waals surface area contributed by atoms with E-state index in [2.05, 4.69) is 35.2 Å². The van der Waals surface area contributed by atoms with Crippen molar-refractivity contribution in [2.45, 2.75) is 31.1 Å². The average Bonchev–Trinajstić information content (AvgIpc) is 3.42. The van der Waals surface area contributed by atoms with Gasteiger partial charge in [-0.3, -0.25) is 9.69 Å². The standard InChI is InChI=1S/C22H24N2O2.H2S/c25-21-22(11-12-22)26-20(16-24(21)19-9-5-2-6-10-19)18-14-23(15-18)13-17-7-3-1-4-8-17;/h1-10,18,20H,11-16H2;1H2/t20-;/m1./s1. The van der Waals surface area contributed by atoms with E-state index in [-0.39, 0.29) is 25.5 Å². The number of ether oxygens (including phenoxy) is 1. The minimum absolute atomic E-state index is 0. The van der Waals surface area contributed by atoms with Gasteiger partial charge in [-0.25, -0.2) is 0 Å². The van der Waals surface area contributed by atoms with E-state index >= 15 is 0 Å². The molecule has 2 aliphatic heterocycles. The van der Waals surface area contributed by atoms with Gasteiger partial charge in [0, 0.05) is 31.2 Å². The molecule has 1 atom stereocenters. The maximum absolute atomic E-state index is 12.9. The molecule has 2 saturated heterocycles. The topological polar surface area (TPSA) is 32.8 Å². The molecule has 2 aromatic carbocycles. The summed E-state index contributed by atoms with van der Waals surface area (Å²) in [5.74, 6) is 0.663. The summed E-state index contributed by atoms with van der Waals surface area (Å²) < 4.78 is 6.33. The van der Waals surface area contributed by atoms with Crippen molar-refractivity contribution in [2.24, 2.45) is 5.92 Å². The fourth-order valence-corrected chi connectivity index (χ4v) is 4.22. The predicted molar refractivity (Wildman–Crippen MR) is 111 cm³/mol. The van der Waals surface area contributed by atoms with E-state index in [4.69, 9.17) is 4.74 Å². The van der Waals surface area contributed by atoms with Crippen LogP contribution in [-0.4, -0.2) is 42.1 Å². The third kappa shape index (κ3) is 3.51. The lowest BCUT2D eigenvalue weighted by molar-refractivity contribution is -0.154. The van der Waals surface area contributed by atoms with E-state index in [9.17, 15) is 4.79 Å². The average molecular weight is 383 g/mol. The zero-order valence-electron chi connectivity index (χ0n) is 15.4. The molecule has 1 saturated carbocycles. The van der Waals surface area contributed by atoms with Gasteiger partial charge in [0.15, 0.2) is 0 Å². The number of anilines is 1. The molecule has 4 nitrogen and oxygen atoms in total. The minimum Gasteiger partial charge on any atom is -0.360 e. The number of nitrogens with zero attached hydrogens (tertiary/aromatic N) is 2. The lowest BCUT2D eigenvalue weighted by atomic mass is 9.90. The van der Waals surface area contributed by atoms with Gasteiger partial charge < -0.3 is 9.64 Å². The number of benzene rings is 2.